The van der Waals surface area contributed by atoms with E-state index in [1.54, 1.807) is 27.2 Å². The fraction of sp³-hybridized carbons (Fsp3) is 0.348. The first-order valence-electron chi connectivity index (χ1n) is 10.6. The zero-order valence-corrected chi connectivity index (χ0v) is 21.1. The van der Waals surface area contributed by atoms with Gasteiger partial charge in [-0.2, -0.15) is 0 Å². The molecule has 0 bridgehead atoms. The number of rotatable bonds is 6. The summed E-state index contributed by atoms with van der Waals surface area (Å²) in [7, 11) is 4.70. The monoisotopic (exact) mass is 522 g/mol. The smallest absolute Gasteiger partial charge is 0.268 e. The summed E-state index contributed by atoms with van der Waals surface area (Å²) in [5.41, 5.74) is 2.82. The van der Waals surface area contributed by atoms with Crippen molar-refractivity contribution in [3.63, 3.8) is 0 Å². The van der Waals surface area contributed by atoms with Gasteiger partial charge in [-0.15, -0.1) is 11.3 Å². The topological polar surface area (TPSA) is 106 Å². The molecular weight excluding hydrogens is 499 g/mol. The largest absolute Gasteiger partial charge is 0.383 e. The molecule has 4 rings (SSSR count). The minimum absolute atomic E-state index is 0.315. The Labute approximate surface area is 210 Å². The number of aromatic amines is 1. The summed E-state index contributed by atoms with van der Waals surface area (Å²) in [6, 6.07) is 8.37. The minimum Gasteiger partial charge on any atom is -0.383 e. The van der Waals surface area contributed by atoms with Gasteiger partial charge in [0.1, 0.15) is 16.1 Å². The van der Waals surface area contributed by atoms with E-state index < -0.39 is 24.1 Å². The first-order chi connectivity index (χ1) is 16.1. The van der Waals surface area contributed by atoms with E-state index in [9.17, 15) is 19.5 Å². The average Bonchev–Trinajstić information content (AvgIpc) is 3.45. The van der Waals surface area contributed by atoms with Crippen LogP contribution in [0.5, 0.6) is 0 Å². The van der Waals surface area contributed by atoms with Gasteiger partial charge in [-0.25, -0.2) is 0 Å². The Morgan fingerprint density at radius 3 is 2.62 bits per heavy atom. The van der Waals surface area contributed by atoms with Crippen molar-refractivity contribution < 1.29 is 19.5 Å². The fourth-order valence-corrected chi connectivity index (χ4v) is 5.76. The van der Waals surface area contributed by atoms with Crippen LogP contribution in [0.2, 0.25) is 9.36 Å². The molecule has 0 aliphatic heterocycles. The van der Waals surface area contributed by atoms with Crippen molar-refractivity contribution in [2.75, 3.05) is 21.1 Å². The number of halogens is 2. The van der Waals surface area contributed by atoms with Crippen LogP contribution in [0, 0.1) is 0 Å². The first kappa shape index (κ1) is 24.5. The Balaban J connectivity index is 1.56. The van der Waals surface area contributed by atoms with Crippen LogP contribution in [0.15, 0.2) is 30.3 Å². The fourth-order valence-electron chi connectivity index (χ4n) is 4.28. The third-order valence-corrected chi connectivity index (χ3v) is 7.98. The van der Waals surface area contributed by atoms with Crippen molar-refractivity contribution >= 4 is 62.5 Å². The van der Waals surface area contributed by atoms with E-state index in [0.29, 0.717) is 27.0 Å². The van der Waals surface area contributed by atoms with Crippen molar-refractivity contribution in [3.8, 4) is 0 Å². The minimum atomic E-state index is -1.48. The Kier molecular flexibility index (Phi) is 6.91. The van der Waals surface area contributed by atoms with Crippen molar-refractivity contribution in [2.45, 2.75) is 31.0 Å². The van der Waals surface area contributed by atoms with E-state index in [4.69, 9.17) is 23.2 Å². The molecule has 3 N–H and O–H groups in total. The molecule has 11 heteroatoms. The number of hydrogen-bond donors (Lipinski definition) is 3. The van der Waals surface area contributed by atoms with Gasteiger partial charge >= 0.3 is 0 Å². The molecule has 0 radical (unpaired) electrons. The van der Waals surface area contributed by atoms with E-state index in [-0.39, 0.29) is 18.2 Å². The number of nitrogens with one attached hydrogen (secondary N) is 2. The molecule has 3 amide bonds. The average molecular weight is 523 g/mol. The van der Waals surface area contributed by atoms with E-state index in [1.807, 2.05) is 24.3 Å². The number of carbonyl (C=O) groups excluding carboxylic acids is 3. The lowest BCUT2D eigenvalue weighted by atomic mass is 10.0. The molecule has 3 aromatic rings. The molecule has 0 spiro atoms. The van der Waals surface area contributed by atoms with Gasteiger partial charge in [-0.05, 0) is 23.6 Å². The quantitative estimate of drug-likeness (QED) is 0.462. The summed E-state index contributed by atoms with van der Waals surface area (Å²) in [5.74, 6) is -1.28. The molecule has 0 fully saturated rings. The van der Waals surface area contributed by atoms with E-state index in [1.165, 1.54) is 21.1 Å². The SMILES string of the molecule is CN(C)C(=O)C[C@H](O)C(=O)N(C)[C@@H]1c2ccccc2C[C@H]1NC(=O)c1cc2sc(Cl)c(Cl)c2[nH]1. The highest BCUT2D eigenvalue weighted by Gasteiger charge is 2.39. The normalized spacial score (nSPS) is 17.9. The van der Waals surface area contributed by atoms with Crippen LogP contribution in [-0.2, 0) is 16.0 Å². The summed E-state index contributed by atoms with van der Waals surface area (Å²) in [5, 5.41) is 13.8. The van der Waals surface area contributed by atoms with Gasteiger partial charge in [0.15, 0.2) is 0 Å². The molecule has 0 saturated heterocycles. The molecule has 1 aromatic carbocycles. The lowest BCUT2D eigenvalue weighted by molar-refractivity contribution is -0.146. The molecule has 2 aromatic heterocycles. The van der Waals surface area contributed by atoms with Crippen molar-refractivity contribution in [3.05, 3.63) is 56.5 Å². The van der Waals surface area contributed by atoms with E-state index in [2.05, 4.69) is 10.3 Å². The van der Waals surface area contributed by atoms with E-state index in [0.717, 1.165) is 15.8 Å². The Bertz CT molecular complexity index is 1270. The van der Waals surface area contributed by atoms with Crippen LogP contribution in [0.4, 0.5) is 0 Å². The Hall–Kier alpha value is -2.59. The Morgan fingerprint density at radius 2 is 1.94 bits per heavy atom. The molecule has 3 atom stereocenters. The van der Waals surface area contributed by atoms with Gasteiger partial charge in [0.05, 0.1) is 33.7 Å². The molecule has 2 heterocycles. The second-order valence-corrected chi connectivity index (χ2v) is 10.5. The number of amides is 3. The van der Waals surface area contributed by atoms with Gasteiger partial charge in [-0.1, -0.05) is 47.5 Å². The third-order valence-electron chi connectivity index (χ3n) is 6.05. The predicted octanol–water partition coefficient (Wildman–Crippen LogP) is 3.23. The highest BCUT2D eigenvalue weighted by molar-refractivity contribution is 7.23. The summed E-state index contributed by atoms with van der Waals surface area (Å²) >= 11 is 13.5. The maximum Gasteiger partial charge on any atom is 0.268 e. The number of nitrogens with zero attached hydrogens (tertiary/aromatic N) is 2. The van der Waals surface area contributed by atoms with Gasteiger partial charge < -0.3 is 25.2 Å². The number of fused-ring (bicyclic) bond motifs is 2. The van der Waals surface area contributed by atoms with Crippen molar-refractivity contribution in [1.29, 1.82) is 0 Å². The first-order valence-corrected chi connectivity index (χ1v) is 12.2. The number of hydrogen-bond acceptors (Lipinski definition) is 5. The number of likely N-dealkylation sites (N-methyl/N-ethyl adjacent to an activating group) is 1. The molecule has 34 heavy (non-hydrogen) atoms. The van der Waals surface area contributed by atoms with Crippen molar-refractivity contribution in [2.24, 2.45) is 0 Å². The number of aliphatic hydroxyl groups excluding tert-OH is 1. The maximum absolute atomic E-state index is 13.1. The predicted molar refractivity (Wildman–Crippen MR) is 132 cm³/mol. The summed E-state index contributed by atoms with van der Waals surface area (Å²) < 4.78 is 1.22. The van der Waals surface area contributed by atoms with Gasteiger partial charge in [0.25, 0.3) is 11.8 Å². The Morgan fingerprint density at radius 1 is 1.24 bits per heavy atom. The van der Waals surface area contributed by atoms with Gasteiger partial charge in [0, 0.05) is 21.1 Å². The second-order valence-electron chi connectivity index (χ2n) is 8.50. The summed E-state index contributed by atoms with van der Waals surface area (Å²) in [6.45, 7) is 0. The van der Waals surface area contributed by atoms with Gasteiger partial charge in [-0.3, -0.25) is 14.4 Å². The second kappa shape index (κ2) is 9.58. The van der Waals surface area contributed by atoms with Crippen LogP contribution in [0.1, 0.15) is 34.1 Å². The molecule has 8 nitrogen and oxygen atoms in total. The van der Waals surface area contributed by atoms with Crippen LogP contribution < -0.4 is 5.32 Å². The number of aromatic nitrogens is 1. The zero-order chi connectivity index (χ0) is 24.7. The number of carbonyl (C=O) groups is 3. The highest BCUT2D eigenvalue weighted by atomic mass is 35.5. The number of benzene rings is 1. The van der Waals surface area contributed by atoms with Crippen LogP contribution in [0.25, 0.3) is 10.2 Å². The zero-order valence-electron chi connectivity index (χ0n) is 18.8. The highest BCUT2D eigenvalue weighted by Crippen LogP contribution is 2.39. The number of thiophene rings is 1. The maximum atomic E-state index is 13.1. The standard InChI is InChI=1S/C23H24Cl2N4O4S/c1-28(2)17(31)10-15(30)23(33)29(3)20-12-7-5-4-6-11(12)8-13(20)27-22(32)14-9-16-19(26-14)18(24)21(25)34-16/h4-7,9,13,15,20,26,30H,8,10H2,1-3H3,(H,27,32)/t13-,15+,20-/m1/s1. The molecule has 180 valence electrons. The molecule has 1 aliphatic carbocycles. The van der Waals surface area contributed by atoms with Crippen LogP contribution in [-0.4, -0.2) is 70.9 Å². The van der Waals surface area contributed by atoms with E-state index >= 15 is 0 Å². The molecule has 0 unspecified atom stereocenters. The molecular formula is C23H24Cl2N4O4S. The molecule has 0 saturated carbocycles. The summed E-state index contributed by atoms with van der Waals surface area (Å²) in [6.07, 6.45) is -1.28. The van der Waals surface area contributed by atoms with Crippen LogP contribution in [0.3, 0.4) is 0 Å². The molecule has 1 aliphatic rings. The lowest BCUT2D eigenvalue weighted by Gasteiger charge is -2.32. The summed E-state index contributed by atoms with van der Waals surface area (Å²) in [4.78, 5) is 43.8. The van der Waals surface area contributed by atoms with Gasteiger partial charge in [0.2, 0.25) is 5.91 Å². The van der Waals surface area contributed by atoms with Crippen LogP contribution >= 0.6 is 34.5 Å². The third kappa shape index (κ3) is 4.53. The van der Waals surface area contributed by atoms with Crippen molar-refractivity contribution in [1.82, 2.24) is 20.1 Å². The number of aliphatic hydroxyl groups is 1. The number of H-pyrrole nitrogens is 1. The lowest BCUT2D eigenvalue weighted by Crippen LogP contribution is -2.48.